The Balaban J connectivity index is 1.71. The monoisotopic (exact) mass is 577 g/mol. The lowest BCUT2D eigenvalue weighted by atomic mass is 9.97. The first-order valence-corrected chi connectivity index (χ1v) is 13.9. The molecule has 0 aromatic heterocycles. The van der Waals surface area contributed by atoms with Gasteiger partial charge in [-0.2, -0.15) is 0 Å². The smallest absolute Gasteiger partial charge is 0.408 e. The zero-order valence-electron chi connectivity index (χ0n) is 24.6. The molecule has 2 unspecified atom stereocenters. The van der Waals surface area contributed by atoms with Crippen molar-refractivity contribution in [2.24, 2.45) is 0 Å². The highest BCUT2D eigenvalue weighted by Gasteiger charge is 2.36. The molecule has 4 rings (SSSR count). The van der Waals surface area contributed by atoms with Crippen LogP contribution in [0.25, 0.3) is 10.8 Å². The summed E-state index contributed by atoms with van der Waals surface area (Å²) in [4.78, 5) is 42.0. The fourth-order valence-corrected chi connectivity index (χ4v) is 4.72. The van der Waals surface area contributed by atoms with Crippen LogP contribution in [0, 0.1) is 19.4 Å². The summed E-state index contributed by atoms with van der Waals surface area (Å²) in [5.74, 6) is -1.14. The highest BCUT2D eigenvalue weighted by atomic mass is 16.6. The molecule has 0 bridgehead atoms. The first kappa shape index (κ1) is 30.7. The maximum Gasteiger partial charge on any atom is 0.408 e. The van der Waals surface area contributed by atoms with Crippen molar-refractivity contribution in [3.8, 4) is 18.2 Å². The van der Waals surface area contributed by atoms with E-state index in [1.807, 2.05) is 55.5 Å². The molecule has 0 spiro atoms. The number of aromatic hydroxyl groups is 1. The molecule has 220 valence electrons. The number of fused-ring (bicyclic) bond motifs is 1. The normalized spacial score (nSPS) is 12.4. The van der Waals surface area contributed by atoms with Gasteiger partial charge in [0, 0.05) is 18.2 Å². The van der Waals surface area contributed by atoms with Crippen LogP contribution in [0.4, 0.5) is 10.5 Å². The van der Waals surface area contributed by atoms with Crippen molar-refractivity contribution in [3.05, 3.63) is 108 Å². The van der Waals surface area contributed by atoms with E-state index in [-0.39, 0.29) is 12.2 Å². The summed E-state index contributed by atoms with van der Waals surface area (Å²) in [6.07, 6.45) is 5.17. The quantitative estimate of drug-likeness (QED) is 0.174. The number of aryl methyl sites for hydroxylation is 1. The summed E-state index contributed by atoms with van der Waals surface area (Å²) in [7, 11) is 0. The topological polar surface area (TPSA) is 108 Å². The van der Waals surface area contributed by atoms with E-state index in [4.69, 9.17) is 11.2 Å². The van der Waals surface area contributed by atoms with Crippen molar-refractivity contribution in [2.75, 3.05) is 5.32 Å². The SMILES string of the molecule is C#CN(C(=O)C(Cc1ccc(O)cc1)NC(=O)OC(C)(C)C)C(C(=O)Nc1ccc2ccccc2c1)c1ccccc1C. The van der Waals surface area contributed by atoms with E-state index in [0.29, 0.717) is 16.8 Å². The molecule has 0 radical (unpaired) electrons. The number of carbonyl (C=O) groups is 3. The second kappa shape index (κ2) is 13.1. The second-order valence-electron chi connectivity index (χ2n) is 11.2. The number of hydrogen-bond donors (Lipinski definition) is 3. The fourth-order valence-electron chi connectivity index (χ4n) is 4.72. The molecule has 4 aromatic rings. The highest BCUT2D eigenvalue weighted by molar-refractivity contribution is 6.01. The number of carbonyl (C=O) groups excluding carboxylic acids is 3. The summed E-state index contributed by atoms with van der Waals surface area (Å²) in [5, 5.41) is 17.2. The van der Waals surface area contributed by atoms with Gasteiger partial charge in [0.05, 0.1) is 0 Å². The minimum atomic E-state index is -1.21. The van der Waals surface area contributed by atoms with E-state index in [1.54, 1.807) is 51.1 Å². The van der Waals surface area contributed by atoms with Crippen molar-refractivity contribution in [1.29, 1.82) is 0 Å². The molecule has 3 N–H and O–H groups in total. The summed E-state index contributed by atoms with van der Waals surface area (Å²) in [5.41, 5.74) is 1.67. The van der Waals surface area contributed by atoms with Crippen LogP contribution in [0.5, 0.6) is 5.75 Å². The van der Waals surface area contributed by atoms with Crippen LogP contribution in [0.1, 0.15) is 43.5 Å². The van der Waals surface area contributed by atoms with E-state index < -0.39 is 35.6 Å². The Morgan fingerprint density at radius 2 is 1.58 bits per heavy atom. The summed E-state index contributed by atoms with van der Waals surface area (Å²) < 4.78 is 5.42. The van der Waals surface area contributed by atoms with Crippen LogP contribution in [-0.4, -0.2) is 39.6 Å². The number of alkyl carbamates (subject to hydrolysis) is 1. The van der Waals surface area contributed by atoms with Gasteiger partial charge >= 0.3 is 6.09 Å². The third kappa shape index (κ3) is 7.92. The van der Waals surface area contributed by atoms with Crippen molar-refractivity contribution < 1.29 is 24.2 Å². The minimum absolute atomic E-state index is 0.0311. The number of nitrogens with zero attached hydrogens (tertiary/aromatic N) is 1. The van der Waals surface area contributed by atoms with Crippen LogP contribution >= 0.6 is 0 Å². The molecule has 0 fully saturated rings. The number of anilines is 1. The Bertz CT molecular complexity index is 1670. The highest BCUT2D eigenvalue weighted by Crippen LogP contribution is 2.28. The van der Waals surface area contributed by atoms with Gasteiger partial charge in [-0.05, 0) is 79.4 Å². The predicted molar refractivity (Wildman–Crippen MR) is 167 cm³/mol. The Hall–Kier alpha value is -5.29. The summed E-state index contributed by atoms with van der Waals surface area (Å²) in [6.45, 7) is 6.96. The second-order valence-corrected chi connectivity index (χ2v) is 11.2. The van der Waals surface area contributed by atoms with Crippen LogP contribution in [-0.2, 0) is 20.7 Å². The molecular formula is C35H35N3O5. The number of rotatable bonds is 8. The van der Waals surface area contributed by atoms with Gasteiger partial charge in [-0.25, -0.2) is 4.79 Å². The molecule has 0 saturated carbocycles. The van der Waals surface area contributed by atoms with Gasteiger partial charge in [0.1, 0.15) is 23.4 Å². The first-order valence-electron chi connectivity index (χ1n) is 13.9. The number of phenols is 1. The Kier molecular flexibility index (Phi) is 9.36. The van der Waals surface area contributed by atoms with Gasteiger partial charge in [0.15, 0.2) is 0 Å². The van der Waals surface area contributed by atoms with E-state index in [9.17, 15) is 19.5 Å². The molecule has 8 nitrogen and oxygen atoms in total. The Labute approximate surface area is 251 Å². The van der Waals surface area contributed by atoms with Gasteiger partial charge in [-0.1, -0.05) is 73.2 Å². The molecule has 0 aliphatic heterocycles. The van der Waals surface area contributed by atoms with Crippen LogP contribution < -0.4 is 10.6 Å². The minimum Gasteiger partial charge on any atom is -0.508 e. The molecule has 8 heteroatoms. The standard InChI is InChI=1S/C35H35N3O5/c1-6-38(33(41)30(37-34(42)43-35(3,4)5)21-24-15-19-28(39)20-16-24)31(29-14-10-7-11-23(29)2)32(40)36-27-18-17-25-12-8-9-13-26(25)22-27/h1,7-20,22,30-31,39H,21H2,2-5H3,(H,36,40)(H,37,42). The lowest BCUT2D eigenvalue weighted by Gasteiger charge is -2.31. The predicted octanol–water partition coefficient (Wildman–Crippen LogP) is 6.09. The van der Waals surface area contributed by atoms with E-state index in [0.717, 1.165) is 21.2 Å². The Morgan fingerprint density at radius 3 is 2.23 bits per heavy atom. The van der Waals surface area contributed by atoms with Crippen LogP contribution in [0.15, 0.2) is 91.0 Å². The molecular weight excluding hydrogens is 542 g/mol. The molecule has 0 saturated heterocycles. The summed E-state index contributed by atoms with van der Waals surface area (Å²) >= 11 is 0. The van der Waals surface area contributed by atoms with E-state index in [1.165, 1.54) is 12.1 Å². The lowest BCUT2D eigenvalue weighted by molar-refractivity contribution is -0.136. The van der Waals surface area contributed by atoms with Gasteiger partial charge in [0.25, 0.3) is 11.8 Å². The average molecular weight is 578 g/mol. The molecule has 0 aliphatic carbocycles. The lowest BCUT2D eigenvalue weighted by Crippen LogP contribution is -2.51. The third-order valence-corrected chi connectivity index (χ3v) is 6.75. The number of amides is 3. The Morgan fingerprint density at radius 1 is 0.930 bits per heavy atom. The maximum atomic E-state index is 14.2. The number of benzene rings is 4. The molecule has 3 amide bonds. The zero-order valence-corrected chi connectivity index (χ0v) is 24.6. The first-order chi connectivity index (χ1) is 20.4. The molecule has 2 atom stereocenters. The average Bonchev–Trinajstić information content (AvgIpc) is 2.96. The van der Waals surface area contributed by atoms with Crippen molar-refractivity contribution in [2.45, 2.75) is 51.8 Å². The molecule has 4 aromatic carbocycles. The molecule has 43 heavy (non-hydrogen) atoms. The van der Waals surface area contributed by atoms with Crippen molar-refractivity contribution in [1.82, 2.24) is 10.2 Å². The molecule has 0 aliphatic rings. The largest absolute Gasteiger partial charge is 0.508 e. The summed E-state index contributed by atoms with van der Waals surface area (Å²) in [6, 6.07) is 26.7. The van der Waals surface area contributed by atoms with Crippen molar-refractivity contribution in [3.63, 3.8) is 0 Å². The number of phenolic OH excluding ortho intramolecular Hbond substituents is 1. The van der Waals surface area contributed by atoms with Crippen LogP contribution in [0.2, 0.25) is 0 Å². The van der Waals surface area contributed by atoms with Gasteiger partial charge < -0.3 is 20.5 Å². The zero-order chi connectivity index (χ0) is 31.1. The number of ether oxygens (including phenoxy) is 1. The van der Waals surface area contributed by atoms with Crippen LogP contribution in [0.3, 0.4) is 0 Å². The van der Waals surface area contributed by atoms with Crippen molar-refractivity contribution >= 4 is 34.4 Å². The van der Waals surface area contributed by atoms with E-state index in [2.05, 4.69) is 16.7 Å². The third-order valence-electron chi connectivity index (χ3n) is 6.75. The van der Waals surface area contributed by atoms with Gasteiger partial charge in [-0.3, -0.25) is 14.5 Å². The van der Waals surface area contributed by atoms with E-state index >= 15 is 0 Å². The number of nitrogens with one attached hydrogen (secondary N) is 2. The number of terminal acetylenes is 1. The van der Waals surface area contributed by atoms with Gasteiger partial charge in [0.2, 0.25) is 0 Å². The molecule has 0 heterocycles. The fraction of sp³-hybridized carbons (Fsp3) is 0.229. The number of hydrogen-bond acceptors (Lipinski definition) is 5. The van der Waals surface area contributed by atoms with Gasteiger partial charge in [-0.15, -0.1) is 0 Å². The maximum absolute atomic E-state index is 14.2.